The Morgan fingerprint density at radius 3 is 1.96 bits per heavy atom. The molecule has 4 nitrogen and oxygen atoms in total. The van der Waals surface area contributed by atoms with Crippen molar-refractivity contribution in [1.82, 2.24) is 0 Å². The molecule has 2 aromatic rings. The number of nitrogens with zero attached hydrogens (tertiary/aromatic N) is 1. The van der Waals surface area contributed by atoms with Crippen LogP contribution in [0.4, 0.5) is 27.6 Å². The highest BCUT2D eigenvalue weighted by molar-refractivity contribution is 6.42. The van der Waals surface area contributed by atoms with Crippen LogP contribution < -0.4 is 4.74 Å². The van der Waals surface area contributed by atoms with E-state index in [-0.39, 0.29) is 22.2 Å². The lowest BCUT2D eigenvalue weighted by atomic mass is 10.2. The fraction of sp³-hybridized carbons (Fsp3) is 0.0769. The molecule has 0 heterocycles. The van der Waals surface area contributed by atoms with E-state index in [1.807, 2.05) is 0 Å². The van der Waals surface area contributed by atoms with E-state index in [9.17, 15) is 32.1 Å². The van der Waals surface area contributed by atoms with E-state index in [4.69, 9.17) is 27.9 Å². The van der Waals surface area contributed by atoms with E-state index in [1.165, 1.54) is 0 Å². The van der Waals surface area contributed by atoms with Crippen molar-refractivity contribution in [3.63, 3.8) is 0 Å². The molecule has 128 valence electrons. The van der Waals surface area contributed by atoms with Crippen molar-refractivity contribution in [2.75, 3.05) is 0 Å². The first-order valence-corrected chi connectivity index (χ1v) is 6.64. The molecule has 24 heavy (non-hydrogen) atoms. The third kappa shape index (κ3) is 3.68. The quantitative estimate of drug-likeness (QED) is 0.369. The Kier molecular flexibility index (Phi) is 4.86. The van der Waals surface area contributed by atoms with Gasteiger partial charge in [0.2, 0.25) is 5.75 Å². The highest BCUT2D eigenvalue weighted by atomic mass is 35.5. The minimum Gasteiger partial charge on any atom is -0.444 e. The smallest absolute Gasteiger partial charge is 0.416 e. The molecule has 0 atom stereocenters. The Labute approximate surface area is 140 Å². The molecule has 0 spiro atoms. The number of hydrogen-bond acceptors (Lipinski definition) is 3. The third-order valence-electron chi connectivity index (χ3n) is 2.74. The lowest BCUT2D eigenvalue weighted by molar-refractivity contribution is -0.385. The van der Waals surface area contributed by atoms with Gasteiger partial charge >= 0.3 is 11.9 Å². The summed E-state index contributed by atoms with van der Waals surface area (Å²) in [5.41, 5.74) is -2.35. The highest BCUT2D eigenvalue weighted by Gasteiger charge is 2.33. The number of alkyl halides is 3. The monoisotopic (exact) mass is 387 g/mol. The molecule has 0 aliphatic heterocycles. The zero-order valence-corrected chi connectivity index (χ0v) is 12.6. The molecule has 0 unspecified atom stereocenters. The molecular formula is C13H4Cl2F5NO3. The van der Waals surface area contributed by atoms with Gasteiger partial charge in [-0.1, -0.05) is 23.2 Å². The predicted molar refractivity (Wildman–Crippen MR) is 74.6 cm³/mol. The molecule has 0 saturated heterocycles. The number of halogens is 7. The average Bonchev–Trinajstić information content (AvgIpc) is 2.44. The van der Waals surface area contributed by atoms with Gasteiger partial charge in [0.15, 0.2) is 17.4 Å². The van der Waals surface area contributed by atoms with Crippen molar-refractivity contribution in [2.24, 2.45) is 0 Å². The van der Waals surface area contributed by atoms with Crippen LogP contribution in [0.5, 0.6) is 11.5 Å². The summed E-state index contributed by atoms with van der Waals surface area (Å²) in [6.07, 6.45) is -4.98. The van der Waals surface area contributed by atoms with Crippen molar-refractivity contribution >= 4 is 28.9 Å². The summed E-state index contributed by atoms with van der Waals surface area (Å²) in [6, 6.07) is 1.60. The van der Waals surface area contributed by atoms with Gasteiger partial charge in [-0.2, -0.15) is 13.2 Å². The molecule has 0 fully saturated rings. The summed E-state index contributed by atoms with van der Waals surface area (Å²) >= 11 is 11.3. The minimum absolute atomic E-state index is 0.00176. The standard InChI is InChI=1S/C13H4Cl2F5NO3/c14-6-3-10(21(22)23)11(4-7(6)15)24-12-8(16)1-5(2-9(12)17)13(18,19)20/h1-4H. The van der Waals surface area contributed by atoms with Gasteiger partial charge in [0.05, 0.1) is 20.5 Å². The highest BCUT2D eigenvalue weighted by Crippen LogP contribution is 2.40. The fourth-order valence-electron chi connectivity index (χ4n) is 1.67. The number of hydrogen-bond donors (Lipinski definition) is 0. The van der Waals surface area contributed by atoms with Crippen LogP contribution in [0.1, 0.15) is 5.56 Å². The second-order valence-electron chi connectivity index (χ2n) is 4.36. The summed E-state index contributed by atoms with van der Waals surface area (Å²) < 4.78 is 69.7. The Bertz CT molecular complexity index is 803. The van der Waals surface area contributed by atoms with Gasteiger partial charge < -0.3 is 4.74 Å². The van der Waals surface area contributed by atoms with Gasteiger partial charge in [0.1, 0.15) is 0 Å². The summed E-state index contributed by atoms with van der Waals surface area (Å²) in [5.74, 6) is -5.32. The Balaban J connectivity index is 2.53. The van der Waals surface area contributed by atoms with Gasteiger partial charge in [0, 0.05) is 12.1 Å². The summed E-state index contributed by atoms with van der Waals surface area (Å²) in [7, 11) is 0. The van der Waals surface area contributed by atoms with Crippen molar-refractivity contribution in [2.45, 2.75) is 6.18 Å². The van der Waals surface area contributed by atoms with Gasteiger partial charge in [0.25, 0.3) is 0 Å². The number of nitro groups is 1. The SMILES string of the molecule is O=[N+]([O-])c1cc(Cl)c(Cl)cc1Oc1c(F)cc(C(F)(F)F)cc1F. The Morgan fingerprint density at radius 2 is 1.50 bits per heavy atom. The molecule has 2 aromatic carbocycles. The van der Waals surface area contributed by atoms with Crippen molar-refractivity contribution in [3.8, 4) is 11.5 Å². The van der Waals surface area contributed by atoms with Crippen LogP contribution in [0.3, 0.4) is 0 Å². The van der Waals surface area contributed by atoms with Crippen LogP contribution in [0.2, 0.25) is 10.0 Å². The maximum atomic E-state index is 13.7. The van der Waals surface area contributed by atoms with Crippen molar-refractivity contribution < 1.29 is 31.6 Å². The Hall–Kier alpha value is -2.13. The minimum atomic E-state index is -4.98. The molecular weight excluding hydrogens is 384 g/mol. The van der Waals surface area contributed by atoms with Crippen molar-refractivity contribution in [1.29, 1.82) is 0 Å². The molecule has 0 bridgehead atoms. The average molecular weight is 388 g/mol. The maximum Gasteiger partial charge on any atom is 0.416 e. The zero-order chi connectivity index (χ0) is 18.2. The third-order valence-corrected chi connectivity index (χ3v) is 3.46. The molecule has 0 aromatic heterocycles. The normalized spacial score (nSPS) is 11.5. The van der Waals surface area contributed by atoms with E-state index >= 15 is 0 Å². The largest absolute Gasteiger partial charge is 0.444 e. The second kappa shape index (κ2) is 6.40. The molecule has 2 rings (SSSR count). The number of nitro benzene ring substituents is 1. The maximum absolute atomic E-state index is 13.7. The van der Waals surface area contributed by atoms with Gasteiger partial charge in [-0.05, 0) is 12.1 Å². The summed E-state index contributed by atoms with van der Waals surface area (Å²) in [6.45, 7) is 0. The van der Waals surface area contributed by atoms with Crippen LogP contribution in [-0.4, -0.2) is 4.92 Å². The first kappa shape index (κ1) is 18.2. The van der Waals surface area contributed by atoms with E-state index < -0.39 is 45.5 Å². The summed E-state index contributed by atoms with van der Waals surface area (Å²) in [5, 5.41) is 10.5. The lowest BCUT2D eigenvalue weighted by Gasteiger charge is -2.12. The predicted octanol–water partition coefficient (Wildman–Crippen LogP) is 5.99. The van der Waals surface area contributed by atoms with Gasteiger partial charge in [-0.15, -0.1) is 0 Å². The van der Waals surface area contributed by atoms with Crippen LogP contribution in [0.25, 0.3) is 0 Å². The molecule has 11 heteroatoms. The second-order valence-corrected chi connectivity index (χ2v) is 5.17. The topological polar surface area (TPSA) is 52.4 Å². The van der Waals surface area contributed by atoms with E-state index in [0.29, 0.717) is 0 Å². The first-order chi connectivity index (χ1) is 11.0. The molecule has 0 radical (unpaired) electrons. The molecule has 0 amide bonds. The lowest BCUT2D eigenvalue weighted by Crippen LogP contribution is -2.07. The molecule has 0 N–H and O–H groups in total. The van der Waals surface area contributed by atoms with E-state index in [2.05, 4.69) is 0 Å². The number of benzene rings is 2. The fourth-order valence-corrected chi connectivity index (χ4v) is 1.99. The Morgan fingerprint density at radius 1 is 1.00 bits per heavy atom. The first-order valence-electron chi connectivity index (χ1n) is 5.88. The van der Waals surface area contributed by atoms with E-state index in [0.717, 1.165) is 12.1 Å². The van der Waals surface area contributed by atoms with Gasteiger partial charge in [-0.25, -0.2) is 8.78 Å². The van der Waals surface area contributed by atoms with Crippen LogP contribution in [0, 0.1) is 21.7 Å². The molecule has 0 aliphatic rings. The zero-order valence-electron chi connectivity index (χ0n) is 11.1. The summed E-state index contributed by atoms with van der Waals surface area (Å²) in [4.78, 5) is 9.96. The number of ether oxygens (including phenoxy) is 1. The van der Waals surface area contributed by atoms with Crippen LogP contribution in [0.15, 0.2) is 24.3 Å². The van der Waals surface area contributed by atoms with Crippen molar-refractivity contribution in [3.05, 3.63) is 61.6 Å². The van der Waals surface area contributed by atoms with Crippen LogP contribution >= 0.6 is 23.2 Å². The van der Waals surface area contributed by atoms with E-state index in [1.54, 1.807) is 0 Å². The number of rotatable bonds is 3. The molecule has 0 aliphatic carbocycles. The molecule has 0 saturated carbocycles. The van der Waals surface area contributed by atoms with Crippen LogP contribution in [-0.2, 0) is 6.18 Å². The van der Waals surface area contributed by atoms with Gasteiger partial charge in [-0.3, -0.25) is 10.1 Å².